The molecule has 1 heterocycles. The van der Waals surface area contributed by atoms with Gasteiger partial charge in [0.05, 0.1) is 20.9 Å². The SMILES string of the molecule is Cc1ccc(-c2ccccc2)n1-c1ccc(C(=O)N/N=C/c2cc(Br)c(OCC#N)c(Br)c2)cc1. The van der Waals surface area contributed by atoms with E-state index in [1.807, 2.05) is 36.4 Å². The van der Waals surface area contributed by atoms with Gasteiger partial charge in [-0.25, -0.2) is 5.43 Å². The van der Waals surface area contributed by atoms with Crippen LogP contribution in [0.3, 0.4) is 0 Å². The zero-order chi connectivity index (χ0) is 24.8. The van der Waals surface area contributed by atoms with Crippen molar-refractivity contribution in [3.05, 3.63) is 105 Å². The van der Waals surface area contributed by atoms with Gasteiger partial charge in [-0.05, 0) is 98.4 Å². The maximum Gasteiger partial charge on any atom is 0.271 e. The second kappa shape index (κ2) is 11.2. The molecule has 174 valence electrons. The Hall–Kier alpha value is -3.67. The molecule has 4 rings (SSSR count). The van der Waals surface area contributed by atoms with Gasteiger partial charge in [0, 0.05) is 16.9 Å². The zero-order valence-electron chi connectivity index (χ0n) is 18.7. The summed E-state index contributed by atoms with van der Waals surface area (Å²) in [4.78, 5) is 12.6. The van der Waals surface area contributed by atoms with Crippen molar-refractivity contribution in [2.45, 2.75) is 6.92 Å². The third kappa shape index (κ3) is 5.70. The molecule has 0 saturated heterocycles. The van der Waals surface area contributed by atoms with E-state index in [2.05, 4.69) is 78.1 Å². The summed E-state index contributed by atoms with van der Waals surface area (Å²) in [5, 5.41) is 12.8. The van der Waals surface area contributed by atoms with Crippen molar-refractivity contribution in [2.24, 2.45) is 5.10 Å². The summed E-state index contributed by atoms with van der Waals surface area (Å²) >= 11 is 6.84. The van der Waals surface area contributed by atoms with Crippen molar-refractivity contribution in [2.75, 3.05) is 6.61 Å². The summed E-state index contributed by atoms with van der Waals surface area (Å²) in [6.07, 6.45) is 1.53. The largest absolute Gasteiger partial charge is 0.476 e. The van der Waals surface area contributed by atoms with E-state index in [4.69, 9.17) is 10.00 Å². The Labute approximate surface area is 220 Å². The first kappa shape index (κ1) is 24.5. The van der Waals surface area contributed by atoms with Gasteiger partial charge in [0.25, 0.3) is 5.91 Å². The Morgan fingerprint density at radius 1 is 1.06 bits per heavy atom. The van der Waals surface area contributed by atoms with E-state index in [-0.39, 0.29) is 12.5 Å². The number of rotatable bonds is 7. The molecular formula is C27H20Br2N4O2. The molecule has 4 aromatic rings. The van der Waals surface area contributed by atoms with E-state index in [0.29, 0.717) is 20.3 Å². The van der Waals surface area contributed by atoms with Gasteiger partial charge in [0.2, 0.25) is 0 Å². The lowest BCUT2D eigenvalue weighted by Gasteiger charge is -2.12. The van der Waals surface area contributed by atoms with Gasteiger partial charge in [-0.1, -0.05) is 30.3 Å². The van der Waals surface area contributed by atoms with Gasteiger partial charge in [-0.15, -0.1) is 0 Å². The molecule has 0 aliphatic carbocycles. The smallest absolute Gasteiger partial charge is 0.271 e. The number of nitrogens with one attached hydrogen (secondary N) is 1. The highest BCUT2D eigenvalue weighted by Crippen LogP contribution is 2.34. The van der Waals surface area contributed by atoms with Gasteiger partial charge in [-0.3, -0.25) is 4.79 Å². The normalized spacial score (nSPS) is 10.8. The van der Waals surface area contributed by atoms with Crippen LogP contribution in [0, 0.1) is 18.3 Å². The van der Waals surface area contributed by atoms with Crippen molar-refractivity contribution in [3.8, 4) is 28.8 Å². The molecule has 0 spiro atoms. The lowest BCUT2D eigenvalue weighted by atomic mass is 10.1. The number of carbonyl (C=O) groups excluding carboxylic acids is 1. The maximum atomic E-state index is 12.6. The van der Waals surface area contributed by atoms with Crippen LogP contribution in [0.4, 0.5) is 0 Å². The molecule has 3 aromatic carbocycles. The maximum absolute atomic E-state index is 12.6. The quantitative estimate of drug-likeness (QED) is 0.193. The van der Waals surface area contributed by atoms with E-state index < -0.39 is 0 Å². The summed E-state index contributed by atoms with van der Waals surface area (Å²) in [7, 11) is 0. The molecule has 8 heteroatoms. The Kier molecular flexibility index (Phi) is 7.80. The highest BCUT2D eigenvalue weighted by atomic mass is 79.9. The van der Waals surface area contributed by atoms with Crippen LogP contribution >= 0.6 is 31.9 Å². The highest BCUT2D eigenvalue weighted by molar-refractivity contribution is 9.11. The number of aromatic nitrogens is 1. The van der Waals surface area contributed by atoms with Gasteiger partial charge in [0.15, 0.2) is 6.61 Å². The van der Waals surface area contributed by atoms with Crippen LogP contribution in [-0.2, 0) is 0 Å². The first-order chi connectivity index (χ1) is 17.0. The minimum absolute atomic E-state index is 0.0586. The first-order valence-corrected chi connectivity index (χ1v) is 12.2. The number of nitriles is 1. The number of nitrogens with zero attached hydrogens (tertiary/aromatic N) is 3. The molecule has 0 bridgehead atoms. The van der Waals surface area contributed by atoms with Crippen molar-refractivity contribution in [1.29, 1.82) is 5.26 Å². The number of hydrazone groups is 1. The van der Waals surface area contributed by atoms with Gasteiger partial charge in [-0.2, -0.15) is 10.4 Å². The topological polar surface area (TPSA) is 79.4 Å². The summed E-state index contributed by atoms with van der Waals surface area (Å²) in [5.41, 5.74) is 8.08. The van der Waals surface area contributed by atoms with Gasteiger partial charge >= 0.3 is 0 Å². The number of amides is 1. The monoisotopic (exact) mass is 590 g/mol. The van der Waals surface area contributed by atoms with Crippen molar-refractivity contribution < 1.29 is 9.53 Å². The predicted octanol–water partition coefficient (Wildman–Crippen LogP) is 6.64. The standard InChI is InChI=1S/C27H20Br2N4O2/c1-18-7-12-25(20-5-3-2-4-6-20)33(18)22-10-8-21(9-11-22)27(34)32-31-17-19-15-23(28)26(24(29)16-19)35-14-13-30/h2-12,15-17H,14H2,1H3,(H,32,34)/b31-17+. The van der Waals surface area contributed by atoms with Crippen LogP contribution in [0.5, 0.6) is 5.75 Å². The zero-order valence-corrected chi connectivity index (χ0v) is 21.9. The number of ether oxygens (including phenoxy) is 1. The summed E-state index contributed by atoms with van der Waals surface area (Å²) in [6.45, 7) is 2.00. The molecule has 0 aliphatic heterocycles. The Bertz CT molecular complexity index is 1400. The summed E-state index contributed by atoms with van der Waals surface area (Å²) in [5.74, 6) is 0.216. The Morgan fingerprint density at radius 2 is 1.74 bits per heavy atom. The molecule has 6 nitrogen and oxygen atoms in total. The highest BCUT2D eigenvalue weighted by Gasteiger charge is 2.11. The molecule has 0 saturated carbocycles. The van der Waals surface area contributed by atoms with E-state index in [9.17, 15) is 4.79 Å². The number of carbonyl (C=O) groups is 1. The third-order valence-electron chi connectivity index (χ3n) is 5.21. The molecule has 0 atom stereocenters. The van der Waals surface area contributed by atoms with Gasteiger partial charge in [0.1, 0.15) is 11.8 Å². The number of halogens is 2. The Morgan fingerprint density at radius 3 is 2.40 bits per heavy atom. The van der Waals surface area contributed by atoms with Crippen molar-refractivity contribution >= 4 is 44.0 Å². The van der Waals surface area contributed by atoms with E-state index in [1.165, 1.54) is 6.21 Å². The molecule has 0 aliphatic rings. The molecule has 1 amide bonds. The second-order valence-corrected chi connectivity index (χ2v) is 9.28. The van der Waals surface area contributed by atoms with Crippen molar-refractivity contribution in [1.82, 2.24) is 9.99 Å². The Balaban J connectivity index is 1.46. The summed E-state index contributed by atoms with van der Waals surface area (Å²) < 4.78 is 8.87. The van der Waals surface area contributed by atoms with Crippen LogP contribution in [0.25, 0.3) is 16.9 Å². The third-order valence-corrected chi connectivity index (χ3v) is 6.39. The van der Waals surface area contributed by atoms with Crippen molar-refractivity contribution in [3.63, 3.8) is 0 Å². The fraction of sp³-hybridized carbons (Fsp3) is 0.0741. The second-order valence-electron chi connectivity index (χ2n) is 7.57. The summed E-state index contributed by atoms with van der Waals surface area (Å²) in [6, 6.07) is 27.3. The first-order valence-electron chi connectivity index (χ1n) is 10.6. The average molecular weight is 592 g/mol. The van der Waals surface area contributed by atoms with Crippen LogP contribution in [0.15, 0.2) is 92.9 Å². The molecule has 1 aromatic heterocycles. The fourth-order valence-electron chi connectivity index (χ4n) is 3.60. The minimum Gasteiger partial charge on any atom is -0.476 e. The molecule has 0 fully saturated rings. The number of benzene rings is 3. The van der Waals surface area contributed by atoms with Crippen LogP contribution in [0.1, 0.15) is 21.6 Å². The molecule has 1 N–H and O–H groups in total. The fourth-order valence-corrected chi connectivity index (χ4v) is 5.05. The van der Waals surface area contributed by atoms with Crippen LogP contribution < -0.4 is 10.2 Å². The van der Waals surface area contributed by atoms with Crippen LogP contribution in [-0.4, -0.2) is 23.3 Å². The van der Waals surface area contributed by atoms with Crippen LogP contribution in [0.2, 0.25) is 0 Å². The lowest BCUT2D eigenvalue weighted by Crippen LogP contribution is -2.17. The number of hydrogen-bond acceptors (Lipinski definition) is 4. The molecule has 35 heavy (non-hydrogen) atoms. The average Bonchev–Trinajstić information content (AvgIpc) is 3.25. The molecular weight excluding hydrogens is 572 g/mol. The van der Waals surface area contributed by atoms with E-state index >= 15 is 0 Å². The lowest BCUT2D eigenvalue weighted by molar-refractivity contribution is 0.0955. The molecule has 0 radical (unpaired) electrons. The van der Waals surface area contributed by atoms with E-state index in [0.717, 1.165) is 28.2 Å². The number of hydrogen-bond donors (Lipinski definition) is 1. The minimum atomic E-state index is -0.313. The molecule has 0 unspecified atom stereocenters. The number of aryl methyl sites for hydroxylation is 1. The predicted molar refractivity (Wildman–Crippen MR) is 144 cm³/mol. The van der Waals surface area contributed by atoms with Gasteiger partial charge < -0.3 is 9.30 Å². The van der Waals surface area contributed by atoms with E-state index in [1.54, 1.807) is 24.3 Å².